The Hall–Kier alpha value is -2.43. The average molecular weight is 312 g/mol. The number of aryl methyl sites for hydroxylation is 1. The number of hydrogen-bond acceptors (Lipinski definition) is 4. The van der Waals surface area contributed by atoms with Crippen LogP contribution < -0.4 is 10.2 Å². The number of anilines is 2. The maximum Gasteiger partial charge on any atom is 0.261 e. The predicted octanol–water partition coefficient (Wildman–Crippen LogP) is 3.66. The van der Waals surface area contributed by atoms with Gasteiger partial charge in [0, 0.05) is 30.2 Å². The Morgan fingerprint density at radius 1 is 1.22 bits per heavy atom. The molecule has 0 fully saturated rings. The van der Waals surface area contributed by atoms with E-state index in [1.54, 1.807) is 17.3 Å². The van der Waals surface area contributed by atoms with Crippen LogP contribution in [0.3, 0.4) is 0 Å². The van der Waals surface area contributed by atoms with E-state index in [0.29, 0.717) is 18.1 Å². The molecular formula is C18H24N4O. The van der Waals surface area contributed by atoms with Crippen molar-refractivity contribution in [1.82, 2.24) is 9.97 Å². The number of carbonyl (C=O) groups excluding carboxylic acids is 1. The standard InChI is InChI=1S/C18H24N4O/c1-6-22(15-9-7-8-13(2)10-15)16(23)14-11-19-17(20-12-14)21-18(3,4)5/h7-12H,6H2,1-5H3,(H,19,20,21). The highest BCUT2D eigenvalue weighted by Crippen LogP contribution is 2.18. The molecule has 0 aliphatic rings. The van der Waals surface area contributed by atoms with E-state index in [1.165, 1.54) is 0 Å². The van der Waals surface area contributed by atoms with Crippen LogP contribution in [-0.4, -0.2) is 28.0 Å². The van der Waals surface area contributed by atoms with Gasteiger partial charge in [-0.3, -0.25) is 4.79 Å². The molecule has 0 unspecified atom stereocenters. The number of rotatable bonds is 4. The van der Waals surface area contributed by atoms with Gasteiger partial charge in [0.05, 0.1) is 5.56 Å². The van der Waals surface area contributed by atoms with E-state index >= 15 is 0 Å². The maximum absolute atomic E-state index is 12.7. The lowest BCUT2D eigenvalue weighted by Crippen LogP contribution is -2.31. The first-order chi connectivity index (χ1) is 10.8. The molecule has 1 amide bonds. The predicted molar refractivity (Wildman–Crippen MR) is 93.9 cm³/mol. The van der Waals surface area contributed by atoms with Crippen LogP contribution in [-0.2, 0) is 0 Å². The van der Waals surface area contributed by atoms with E-state index in [9.17, 15) is 4.79 Å². The van der Waals surface area contributed by atoms with E-state index in [0.717, 1.165) is 11.3 Å². The summed E-state index contributed by atoms with van der Waals surface area (Å²) in [6.45, 7) is 10.7. The van der Waals surface area contributed by atoms with Crippen molar-refractivity contribution in [2.24, 2.45) is 0 Å². The minimum Gasteiger partial charge on any atom is -0.350 e. The van der Waals surface area contributed by atoms with Gasteiger partial charge in [-0.2, -0.15) is 0 Å². The van der Waals surface area contributed by atoms with Crippen molar-refractivity contribution in [2.45, 2.75) is 40.2 Å². The van der Waals surface area contributed by atoms with Crippen LogP contribution in [0.5, 0.6) is 0 Å². The third kappa shape index (κ3) is 4.52. The van der Waals surface area contributed by atoms with Gasteiger partial charge in [-0.1, -0.05) is 12.1 Å². The molecule has 122 valence electrons. The van der Waals surface area contributed by atoms with Gasteiger partial charge in [0.25, 0.3) is 5.91 Å². The van der Waals surface area contributed by atoms with Crippen molar-refractivity contribution in [1.29, 1.82) is 0 Å². The van der Waals surface area contributed by atoms with Crippen LogP contribution in [0.1, 0.15) is 43.6 Å². The van der Waals surface area contributed by atoms with Crippen LogP contribution in [0.25, 0.3) is 0 Å². The fourth-order valence-electron chi connectivity index (χ4n) is 2.23. The first kappa shape index (κ1) is 16.9. The maximum atomic E-state index is 12.7. The quantitative estimate of drug-likeness (QED) is 0.936. The molecule has 1 aromatic heterocycles. The number of hydrogen-bond donors (Lipinski definition) is 1. The lowest BCUT2D eigenvalue weighted by atomic mass is 10.1. The van der Waals surface area contributed by atoms with Gasteiger partial charge in [0.15, 0.2) is 0 Å². The van der Waals surface area contributed by atoms with Crippen LogP contribution in [0.15, 0.2) is 36.7 Å². The lowest BCUT2D eigenvalue weighted by molar-refractivity contribution is 0.0987. The summed E-state index contributed by atoms with van der Waals surface area (Å²) >= 11 is 0. The van der Waals surface area contributed by atoms with Crippen molar-refractivity contribution >= 4 is 17.5 Å². The molecule has 1 aromatic carbocycles. The molecule has 0 radical (unpaired) electrons. The number of nitrogens with one attached hydrogen (secondary N) is 1. The summed E-state index contributed by atoms with van der Waals surface area (Å²) in [6.07, 6.45) is 3.14. The van der Waals surface area contributed by atoms with Crippen molar-refractivity contribution in [2.75, 3.05) is 16.8 Å². The Morgan fingerprint density at radius 2 is 1.87 bits per heavy atom. The summed E-state index contributed by atoms with van der Waals surface area (Å²) in [5.41, 5.74) is 2.36. The average Bonchev–Trinajstić information content (AvgIpc) is 2.47. The van der Waals surface area contributed by atoms with Crippen LogP contribution in [0, 0.1) is 6.92 Å². The SMILES string of the molecule is CCN(C(=O)c1cnc(NC(C)(C)C)nc1)c1cccc(C)c1. The fourth-order valence-corrected chi connectivity index (χ4v) is 2.23. The Labute approximate surface area is 137 Å². The van der Waals surface area contributed by atoms with Crippen molar-refractivity contribution in [3.05, 3.63) is 47.8 Å². The molecule has 0 atom stereocenters. The monoisotopic (exact) mass is 312 g/mol. The van der Waals surface area contributed by atoms with Gasteiger partial charge in [0.2, 0.25) is 5.95 Å². The highest BCUT2D eigenvalue weighted by Gasteiger charge is 2.18. The Bertz CT molecular complexity index is 674. The second kappa shape index (κ2) is 6.77. The minimum absolute atomic E-state index is 0.0968. The van der Waals surface area contributed by atoms with Gasteiger partial charge in [-0.15, -0.1) is 0 Å². The number of benzene rings is 1. The second-order valence-corrected chi connectivity index (χ2v) is 6.56. The minimum atomic E-state index is -0.122. The zero-order valence-corrected chi connectivity index (χ0v) is 14.4. The highest BCUT2D eigenvalue weighted by molar-refractivity contribution is 6.05. The van der Waals surface area contributed by atoms with Crippen LogP contribution in [0.2, 0.25) is 0 Å². The molecule has 0 aliphatic carbocycles. The summed E-state index contributed by atoms with van der Waals surface area (Å²) in [7, 11) is 0. The van der Waals surface area contributed by atoms with Gasteiger partial charge < -0.3 is 10.2 Å². The fraction of sp³-hybridized carbons (Fsp3) is 0.389. The summed E-state index contributed by atoms with van der Waals surface area (Å²) in [4.78, 5) is 22.9. The van der Waals surface area contributed by atoms with E-state index in [2.05, 4.69) is 15.3 Å². The van der Waals surface area contributed by atoms with E-state index in [-0.39, 0.29) is 11.4 Å². The summed E-state index contributed by atoms with van der Waals surface area (Å²) in [5.74, 6) is 0.424. The van der Waals surface area contributed by atoms with Gasteiger partial charge >= 0.3 is 0 Å². The molecule has 2 aromatic rings. The Balaban J connectivity index is 2.21. The lowest BCUT2D eigenvalue weighted by Gasteiger charge is -2.22. The van der Waals surface area contributed by atoms with Gasteiger partial charge in [-0.25, -0.2) is 9.97 Å². The largest absolute Gasteiger partial charge is 0.350 e. The number of aromatic nitrogens is 2. The van der Waals surface area contributed by atoms with E-state index in [1.807, 2.05) is 58.9 Å². The first-order valence-electron chi connectivity index (χ1n) is 7.79. The van der Waals surface area contributed by atoms with E-state index < -0.39 is 0 Å². The van der Waals surface area contributed by atoms with Crippen molar-refractivity contribution < 1.29 is 4.79 Å². The molecule has 2 rings (SSSR count). The third-order valence-corrected chi connectivity index (χ3v) is 3.26. The number of amides is 1. The van der Waals surface area contributed by atoms with Crippen molar-refractivity contribution in [3.63, 3.8) is 0 Å². The van der Waals surface area contributed by atoms with Crippen LogP contribution >= 0.6 is 0 Å². The molecular weight excluding hydrogens is 288 g/mol. The second-order valence-electron chi connectivity index (χ2n) is 6.56. The molecule has 23 heavy (non-hydrogen) atoms. The molecule has 1 heterocycles. The van der Waals surface area contributed by atoms with Crippen molar-refractivity contribution in [3.8, 4) is 0 Å². The highest BCUT2D eigenvalue weighted by atomic mass is 16.2. The molecule has 5 heteroatoms. The third-order valence-electron chi connectivity index (χ3n) is 3.26. The molecule has 0 spiro atoms. The Kier molecular flexibility index (Phi) is 4.98. The number of carbonyl (C=O) groups is 1. The first-order valence-corrected chi connectivity index (χ1v) is 7.79. The molecule has 0 aliphatic heterocycles. The normalized spacial score (nSPS) is 11.2. The Morgan fingerprint density at radius 3 is 2.39 bits per heavy atom. The molecule has 1 N–H and O–H groups in total. The van der Waals surface area contributed by atoms with Gasteiger partial charge in [-0.05, 0) is 52.3 Å². The molecule has 5 nitrogen and oxygen atoms in total. The molecule has 0 saturated carbocycles. The summed E-state index contributed by atoms with van der Waals surface area (Å²) in [5, 5.41) is 3.18. The topological polar surface area (TPSA) is 58.1 Å². The molecule has 0 bridgehead atoms. The zero-order chi connectivity index (χ0) is 17.0. The van der Waals surface area contributed by atoms with Crippen LogP contribution in [0.4, 0.5) is 11.6 Å². The summed E-state index contributed by atoms with van der Waals surface area (Å²) in [6, 6.07) is 7.90. The number of nitrogens with zero attached hydrogens (tertiary/aromatic N) is 3. The smallest absolute Gasteiger partial charge is 0.261 e. The molecule has 0 saturated heterocycles. The van der Waals surface area contributed by atoms with Gasteiger partial charge in [0.1, 0.15) is 0 Å². The van der Waals surface area contributed by atoms with E-state index in [4.69, 9.17) is 0 Å². The summed E-state index contributed by atoms with van der Waals surface area (Å²) < 4.78 is 0. The zero-order valence-electron chi connectivity index (χ0n) is 14.4.